The van der Waals surface area contributed by atoms with Crippen LogP contribution in [0, 0.1) is 0 Å². The zero-order valence-corrected chi connectivity index (χ0v) is 21.5. The predicted octanol–water partition coefficient (Wildman–Crippen LogP) is 4.52. The average Bonchev–Trinajstić information content (AvgIpc) is 3.16. The number of ether oxygens (including phenoxy) is 1. The second kappa shape index (κ2) is 10.5. The molecule has 210 valence electrons. The van der Waals surface area contributed by atoms with Crippen LogP contribution in [0.3, 0.4) is 0 Å². The lowest BCUT2D eigenvalue weighted by Crippen LogP contribution is -2.54. The van der Waals surface area contributed by atoms with Crippen molar-refractivity contribution in [3.63, 3.8) is 0 Å². The number of piperidine rings is 1. The molecule has 1 saturated heterocycles. The number of fused-ring (bicyclic) bond motifs is 1. The van der Waals surface area contributed by atoms with Crippen LogP contribution < -0.4 is 15.4 Å². The highest BCUT2D eigenvalue weighted by molar-refractivity contribution is 5.98. The van der Waals surface area contributed by atoms with Crippen LogP contribution >= 0.6 is 0 Å². The third kappa shape index (κ3) is 5.84. The topological polar surface area (TPSA) is 87.7 Å². The van der Waals surface area contributed by atoms with Crippen LogP contribution in [-0.2, 0) is 34.8 Å². The summed E-state index contributed by atoms with van der Waals surface area (Å²) in [6.07, 6.45) is -4.83. The maximum atomic E-state index is 15.0. The molecule has 0 radical (unpaired) electrons. The highest BCUT2D eigenvalue weighted by atomic mass is 19.4. The number of halogens is 5. The van der Waals surface area contributed by atoms with Gasteiger partial charge < -0.3 is 20.3 Å². The van der Waals surface area contributed by atoms with Crippen LogP contribution in [0.15, 0.2) is 36.4 Å². The molecule has 0 saturated carbocycles. The average molecular weight is 554 g/mol. The molecule has 4 rings (SSSR count). The van der Waals surface area contributed by atoms with Crippen molar-refractivity contribution < 1.29 is 41.1 Å². The van der Waals surface area contributed by atoms with Gasteiger partial charge in [0.25, 0.3) is 11.8 Å². The van der Waals surface area contributed by atoms with Crippen LogP contribution in [0.25, 0.3) is 0 Å². The molecule has 2 atom stereocenters. The standard InChI is InChI=1S/C27H28F5N3O4/c1-14(2)39-18-5-7-20(21(11-18)27(30,31)32)26(28,29)25(38)33-12-16-4-6-19-17(10-16)13-35(24(19)37)22-8-9-23(36)34-15(22)3/h4-7,10-11,14-15,22H,8-9,12-13H2,1-3H3,(H,33,38)(H,34,36). The first-order chi connectivity index (χ1) is 18.2. The molecule has 2 aromatic carbocycles. The Kier molecular flexibility index (Phi) is 7.59. The van der Waals surface area contributed by atoms with E-state index in [1.54, 1.807) is 24.8 Å². The highest BCUT2D eigenvalue weighted by Gasteiger charge is 2.48. The molecule has 0 spiro atoms. The first-order valence-corrected chi connectivity index (χ1v) is 12.4. The Morgan fingerprint density at radius 2 is 1.82 bits per heavy atom. The fourth-order valence-corrected chi connectivity index (χ4v) is 4.94. The minimum absolute atomic E-state index is 0.0834. The molecule has 2 aromatic rings. The van der Waals surface area contributed by atoms with Gasteiger partial charge in [-0.2, -0.15) is 22.0 Å². The van der Waals surface area contributed by atoms with Crippen LogP contribution in [0.1, 0.15) is 66.2 Å². The molecule has 0 bridgehead atoms. The second-order valence-electron chi connectivity index (χ2n) is 10.0. The van der Waals surface area contributed by atoms with Gasteiger partial charge in [-0.15, -0.1) is 0 Å². The van der Waals surface area contributed by atoms with Gasteiger partial charge in [0.05, 0.1) is 17.7 Å². The summed E-state index contributed by atoms with van der Waals surface area (Å²) in [5, 5.41) is 4.84. The smallest absolute Gasteiger partial charge is 0.417 e. The zero-order chi connectivity index (χ0) is 28.7. The van der Waals surface area contributed by atoms with E-state index in [4.69, 9.17) is 4.74 Å². The van der Waals surface area contributed by atoms with Gasteiger partial charge in [-0.1, -0.05) is 12.1 Å². The number of benzene rings is 2. The van der Waals surface area contributed by atoms with Crippen LogP contribution in [0.4, 0.5) is 22.0 Å². The lowest BCUT2D eigenvalue weighted by molar-refractivity contribution is -0.153. The van der Waals surface area contributed by atoms with Gasteiger partial charge in [-0.3, -0.25) is 14.4 Å². The molecule has 0 aromatic heterocycles. The van der Waals surface area contributed by atoms with Gasteiger partial charge in [0.1, 0.15) is 5.75 Å². The zero-order valence-electron chi connectivity index (χ0n) is 21.5. The summed E-state index contributed by atoms with van der Waals surface area (Å²) >= 11 is 0. The van der Waals surface area contributed by atoms with Gasteiger partial charge in [-0.25, -0.2) is 0 Å². The summed E-state index contributed by atoms with van der Waals surface area (Å²) in [7, 11) is 0. The molecule has 2 N–H and O–H groups in total. The minimum Gasteiger partial charge on any atom is -0.491 e. The van der Waals surface area contributed by atoms with Gasteiger partial charge in [-0.05, 0) is 62.6 Å². The molecular weight excluding hydrogens is 525 g/mol. The normalized spacial score (nSPS) is 19.7. The van der Waals surface area contributed by atoms with Crippen molar-refractivity contribution in [3.8, 4) is 5.75 Å². The number of rotatable bonds is 7. The van der Waals surface area contributed by atoms with E-state index < -0.39 is 35.2 Å². The molecular formula is C27H28F5N3O4. The number of hydrogen-bond donors (Lipinski definition) is 2. The molecule has 12 heteroatoms. The number of hydrogen-bond acceptors (Lipinski definition) is 4. The molecule has 2 aliphatic rings. The first kappa shape index (κ1) is 28.3. The summed E-state index contributed by atoms with van der Waals surface area (Å²) in [5.41, 5.74) is -1.69. The number of nitrogens with zero attached hydrogens (tertiary/aromatic N) is 1. The van der Waals surface area contributed by atoms with E-state index in [-0.39, 0.29) is 42.7 Å². The van der Waals surface area contributed by atoms with Gasteiger partial charge in [0, 0.05) is 36.7 Å². The summed E-state index contributed by atoms with van der Waals surface area (Å²) in [4.78, 5) is 38.6. The maximum Gasteiger partial charge on any atom is 0.417 e. The third-order valence-electron chi connectivity index (χ3n) is 6.78. The van der Waals surface area contributed by atoms with E-state index in [0.29, 0.717) is 41.7 Å². The van der Waals surface area contributed by atoms with Gasteiger partial charge in [0.2, 0.25) is 5.91 Å². The fourth-order valence-electron chi connectivity index (χ4n) is 4.94. The largest absolute Gasteiger partial charge is 0.491 e. The Morgan fingerprint density at radius 1 is 1.10 bits per heavy atom. The number of amides is 3. The summed E-state index contributed by atoms with van der Waals surface area (Å²) in [6.45, 7) is 4.82. The lowest BCUT2D eigenvalue weighted by atomic mass is 9.98. The van der Waals surface area contributed by atoms with Crippen molar-refractivity contribution in [2.45, 2.75) is 77.0 Å². The molecule has 2 aliphatic heterocycles. The quantitative estimate of drug-likeness (QED) is 0.494. The van der Waals surface area contributed by atoms with Gasteiger partial charge in [0.15, 0.2) is 0 Å². The molecule has 2 unspecified atom stereocenters. The van der Waals surface area contributed by atoms with E-state index in [1.165, 1.54) is 12.1 Å². The predicted molar refractivity (Wildman–Crippen MR) is 130 cm³/mol. The molecule has 2 heterocycles. The van der Waals surface area contributed by atoms with E-state index in [2.05, 4.69) is 5.32 Å². The van der Waals surface area contributed by atoms with Crippen LogP contribution in [0.2, 0.25) is 0 Å². The third-order valence-corrected chi connectivity index (χ3v) is 6.78. The fraction of sp³-hybridized carbons (Fsp3) is 0.444. The van der Waals surface area contributed by atoms with E-state index in [9.17, 15) is 36.3 Å². The van der Waals surface area contributed by atoms with Crippen molar-refractivity contribution >= 4 is 17.7 Å². The van der Waals surface area contributed by atoms with Crippen molar-refractivity contribution in [1.82, 2.24) is 15.5 Å². The Morgan fingerprint density at radius 3 is 2.46 bits per heavy atom. The molecule has 39 heavy (non-hydrogen) atoms. The van der Waals surface area contributed by atoms with Crippen LogP contribution in [-0.4, -0.2) is 40.8 Å². The number of carbonyl (C=O) groups is 3. The molecule has 0 aliphatic carbocycles. The summed E-state index contributed by atoms with van der Waals surface area (Å²) < 4.78 is 76.0. The number of nitrogens with one attached hydrogen (secondary N) is 2. The maximum absolute atomic E-state index is 15.0. The minimum atomic E-state index is -5.15. The van der Waals surface area contributed by atoms with Crippen molar-refractivity contribution in [3.05, 3.63) is 64.2 Å². The highest BCUT2D eigenvalue weighted by Crippen LogP contribution is 2.41. The molecule has 7 nitrogen and oxygen atoms in total. The molecule has 1 fully saturated rings. The SMILES string of the molecule is CC(C)Oc1ccc(C(F)(F)C(=O)NCc2ccc3c(c2)CN(C2CCC(=O)NC2C)C3=O)c(C(F)(F)F)c1. The van der Waals surface area contributed by atoms with Crippen molar-refractivity contribution in [2.75, 3.05) is 0 Å². The second-order valence-corrected chi connectivity index (χ2v) is 10.0. The first-order valence-electron chi connectivity index (χ1n) is 12.4. The van der Waals surface area contributed by atoms with E-state index in [1.807, 2.05) is 12.2 Å². The molecule has 3 amide bonds. The summed E-state index contributed by atoms with van der Waals surface area (Å²) in [5.74, 6) is -6.92. The number of alkyl halides is 5. The van der Waals surface area contributed by atoms with Gasteiger partial charge >= 0.3 is 12.1 Å². The monoisotopic (exact) mass is 553 g/mol. The Bertz CT molecular complexity index is 1290. The van der Waals surface area contributed by atoms with E-state index in [0.717, 1.165) is 6.07 Å². The Labute approximate surface area is 221 Å². The van der Waals surface area contributed by atoms with Crippen molar-refractivity contribution in [1.29, 1.82) is 0 Å². The Hall–Kier alpha value is -3.70. The van der Waals surface area contributed by atoms with Crippen molar-refractivity contribution in [2.24, 2.45) is 0 Å². The lowest BCUT2D eigenvalue weighted by Gasteiger charge is -2.36. The Balaban J connectivity index is 1.48. The number of carbonyl (C=O) groups excluding carboxylic acids is 3. The van der Waals surface area contributed by atoms with Crippen LogP contribution in [0.5, 0.6) is 5.75 Å². The van der Waals surface area contributed by atoms with E-state index >= 15 is 0 Å². The summed E-state index contributed by atoms with van der Waals surface area (Å²) in [6, 6.07) is 6.14.